The van der Waals surface area contributed by atoms with E-state index in [-0.39, 0.29) is 12.5 Å². The lowest BCUT2D eigenvalue weighted by molar-refractivity contribution is -0.144. The minimum absolute atomic E-state index is 0.141. The van der Waals surface area contributed by atoms with Crippen LogP contribution in [0.1, 0.15) is 13.8 Å². The molecule has 3 N–H and O–H groups in total. The van der Waals surface area contributed by atoms with Crippen molar-refractivity contribution in [1.29, 1.82) is 0 Å². The normalized spacial score (nSPS) is 15.9. The number of likely N-dealkylation sites (N-methyl/N-ethyl adjacent to an activating group) is 1. The molecule has 0 aromatic rings. The maximum atomic E-state index is 11.9. The van der Waals surface area contributed by atoms with Crippen LogP contribution in [0.4, 0.5) is 0 Å². The lowest BCUT2D eigenvalue weighted by Crippen LogP contribution is -2.53. The predicted octanol–water partition coefficient (Wildman–Crippen LogP) is -1.62. The Morgan fingerprint density at radius 2 is 1.80 bits per heavy atom. The third-order valence-corrected chi connectivity index (χ3v) is 2.93. The van der Waals surface area contributed by atoms with Crippen LogP contribution in [0, 0.1) is 5.92 Å². The number of imide groups is 1. The van der Waals surface area contributed by atoms with Crippen molar-refractivity contribution >= 4 is 23.6 Å². The second-order valence-corrected chi connectivity index (χ2v) is 4.78. The number of hydrazine groups is 1. The molecule has 0 bridgehead atoms. The first-order chi connectivity index (χ1) is 9.25. The molecular weight excluding hydrogens is 264 g/mol. The molecule has 20 heavy (non-hydrogen) atoms. The van der Waals surface area contributed by atoms with E-state index in [1.165, 1.54) is 11.9 Å². The summed E-state index contributed by atoms with van der Waals surface area (Å²) in [5, 5.41) is 0.736. The molecule has 1 atom stereocenters. The Kier molecular flexibility index (Phi) is 4.98. The van der Waals surface area contributed by atoms with Crippen molar-refractivity contribution < 1.29 is 19.2 Å². The summed E-state index contributed by atoms with van der Waals surface area (Å²) in [6, 6.07) is -0.743. The quantitative estimate of drug-likeness (QED) is 0.569. The lowest BCUT2D eigenvalue weighted by atomic mass is 10.0. The van der Waals surface area contributed by atoms with E-state index >= 15 is 0 Å². The van der Waals surface area contributed by atoms with Gasteiger partial charge in [-0.3, -0.25) is 19.2 Å². The first-order valence-electron chi connectivity index (χ1n) is 6.10. The molecule has 8 heteroatoms. The number of nitrogens with one attached hydrogen (secondary N) is 1. The van der Waals surface area contributed by atoms with Crippen LogP contribution >= 0.6 is 0 Å². The highest BCUT2D eigenvalue weighted by molar-refractivity contribution is 6.12. The molecule has 8 nitrogen and oxygen atoms in total. The largest absolute Gasteiger partial charge is 0.368 e. The summed E-state index contributed by atoms with van der Waals surface area (Å²) < 4.78 is 0. The minimum Gasteiger partial charge on any atom is -0.368 e. The zero-order valence-corrected chi connectivity index (χ0v) is 11.6. The van der Waals surface area contributed by atoms with Gasteiger partial charge in [-0.2, -0.15) is 0 Å². The number of nitrogens with zero attached hydrogens (tertiary/aromatic N) is 2. The fourth-order valence-corrected chi connectivity index (χ4v) is 1.95. The Hall–Kier alpha value is -2.22. The number of primary amides is 1. The van der Waals surface area contributed by atoms with Gasteiger partial charge in [0, 0.05) is 19.2 Å². The molecule has 0 radical (unpaired) electrons. The number of rotatable bonds is 6. The zero-order chi connectivity index (χ0) is 15.4. The highest BCUT2D eigenvalue weighted by Crippen LogP contribution is 2.09. The maximum Gasteiger partial charge on any atom is 0.268 e. The SMILES string of the molecule is CC(C)[C@@H](C(N)=O)N(C)C(=O)CNN1C(=O)C=CC1=O. The van der Waals surface area contributed by atoms with Gasteiger partial charge in [0.1, 0.15) is 6.04 Å². The summed E-state index contributed by atoms with van der Waals surface area (Å²) >= 11 is 0. The van der Waals surface area contributed by atoms with Gasteiger partial charge in [0.05, 0.1) is 6.54 Å². The van der Waals surface area contributed by atoms with Crippen LogP contribution in [0.25, 0.3) is 0 Å². The average Bonchev–Trinajstić information content (AvgIpc) is 2.65. The predicted molar refractivity (Wildman–Crippen MR) is 69.6 cm³/mol. The molecule has 0 saturated carbocycles. The van der Waals surface area contributed by atoms with E-state index in [1.807, 2.05) is 0 Å². The van der Waals surface area contributed by atoms with Gasteiger partial charge in [0.25, 0.3) is 11.8 Å². The smallest absolute Gasteiger partial charge is 0.268 e. The number of nitrogens with two attached hydrogens (primary N) is 1. The van der Waals surface area contributed by atoms with Crippen molar-refractivity contribution in [2.24, 2.45) is 11.7 Å². The van der Waals surface area contributed by atoms with E-state index in [9.17, 15) is 19.2 Å². The fourth-order valence-electron chi connectivity index (χ4n) is 1.95. The molecule has 1 aliphatic rings. The van der Waals surface area contributed by atoms with E-state index in [1.54, 1.807) is 13.8 Å². The highest BCUT2D eigenvalue weighted by atomic mass is 16.2. The topological polar surface area (TPSA) is 113 Å². The second kappa shape index (κ2) is 6.29. The first kappa shape index (κ1) is 15.8. The Labute approximate surface area is 116 Å². The number of carbonyl (C=O) groups is 4. The molecule has 0 unspecified atom stereocenters. The molecular formula is C12H18N4O4. The van der Waals surface area contributed by atoms with Crippen LogP contribution in [-0.4, -0.2) is 53.2 Å². The number of carbonyl (C=O) groups excluding carboxylic acids is 4. The Bertz CT molecular complexity index is 454. The maximum absolute atomic E-state index is 11.9. The van der Waals surface area contributed by atoms with Crippen LogP contribution < -0.4 is 11.2 Å². The van der Waals surface area contributed by atoms with E-state index in [0.717, 1.165) is 17.2 Å². The van der Waals surface area contributed by atoms with Gasteiger partial charge in [-0.25, -0.2) is 10.4 Å². The van der Waals surface area contributed by atoms with Gasteiger partial charge >= 0.3 is 0 Å². The Balaban J connectivity index is 2.60. The molecule has 0 spiro atoms. The summed E-state index contributed by atoms with van der Waals surface area (Å²) in [6.07, 6.45) is 2.20. The van der Waals surface area contributed by atoms with Crippen molar-refractivity contribution in [2.75, 3.05) is 13.6 Å². The third kappa shape index (κ3) is 3.41. The van der Waals surface area contributed by atoms with Crippen molar-refractivity contribution in [1.82, 2.24) is 15.3 Å². The van der Waals surface area contributed by atoms with Crippen LogP contribution in [0.5, 0.6) is 0 Å². The van der Waals surface area contributed by atoms with Crippen LogP contribution in [0.3, 0.4) is 0 Å². The van der Waals surface area contributed by atoms with E-state index < -0.39 is 29.7 Å². The molecule has 1 heterocycles. The van der Waals surface area contributed by atoms with Crippen molar-refractivity contribution in [3.8, 4) is 0 Å². The van der Waals surface area contributed by atoms with Crippen molar-refractivity contribution in [2.45, 2.75) is 19.9 Å². The molecule has 0 aromatic heterocycles. The Morgan fingerprint density at radius 1 is 1.30 bits per heavy atom. The molecule has 4 amide bonds. The van der Waals surface area contributed by atoms with Crippen LogP contribution in [0.2, 0.25) is 0 Å². The second-order valence-electron chi connectivity index (χ2n) is 4.78. The van der Waals surface area contributed by atoms with Crippen molar-refractivity contribution in [3.63, 3.8) is 0 Å². The molecule has 0 aliphatic carbocycles. The molecule has 0 saturated heterocycles. The van der Waals surface area contributed by atoms with Crippen LogP contribution in [-0.2, 0) is 19.2 Å². The van der Waals surface area contributed by atoms with Gasteiger partial charge in [0.2, 0.25) is 11.8 Å². The van der Waals surface area contributed by atoms with Gasteiger partial charge < -0.3 is 10.6 Å². The molecule has 0 aromatic carbocycles. The average molecular weight is 282 g/mol. The van der Waals surface area contributed by atoms with Gasteiger partial charge in [-0.05, 0) is 5.92 Å². The van der Waals surface area contributed by atoms with Gasteiger partial charge in [-0.1, -0.05) is 13.8 Å². The molecule has 1 rings (SSSR count). The van der Waals surface area contributed by atoms with E-state index in [4.69, 9.17) is 5.73 Å². The minimum atomic E-state index is -0.743. The van der Waals surface area contributed by atoms with E-state index in [2.05, 4.69) is 5.43 Å². The highest BCUT2D eigenvalue weighted by Gasteiger charge is 2.29. The van der Waals surface area contributed by atoms with Crippen LogP contribution in [0.15, 0.2) is 12.2 Å². The monoisotopic (exact) mass is 282 g/mol. The molecule has 110 valence electrons. The standard InChI is InChI=1S/C12H18N4O4/c1-7(2)11(12(13)20)15(3)10(19)6-14-16-8(17)4-5-9(16)18/h4-5,7,11,14H,6H2,1-3H3,(H2,13,20)/t11-/m0/s1. The van der Waals surface area contributed by atoms with Gasteiger partial charge in [-0.15, -0.1) is 0 Å². The first-order valence-corrected chi connectivity index (χ1v) is 6.10. The summed E-state index contributed by atoms with van der Waals surface area (Å²) in [7, 11) is 1.45. The zero-order valence-electron chi connectivity index (χ0n) is 11.6. The molecule has 1 aliphatic heterocycles. The third-order valence-electron chi connectivity index (χ3n) is 2.93. The van der Waals surface area contributed by atoms with E-state index in [0.29, 0.717) is 0 Å². The number of amides is 4. The summed E-state index contributed by atoms with van der Waals surface area (Å²) in [4.78, 5) is 47.0. The number of hydrogen-bond donors (Lipinski definition) is 2. The molecule has 0 fully saturated rings. The summed E-state index contributed by atoms with van der Waals surface area (Å²) in [5.41, 5.74) is 7.68. The summed E-state index contributed by atoms with van der Waals surface area (Å²) in [5.74, 6) is -2.28. The van der Waals surface area contributed by atoms with Crippen molar-refractivity contribution in [3.05, 3.63) is 12.2 Å². The number of hydrogen-bond acceptors (Lipinski definition) is 5. The fraction of sp³-hybridized carbons (Fsp3) is 0.500. The van der Waals surface area contributed by atoms with Gasteiger partial charge in [0.15, 0.2) is 0 Å². The summed E-state index contributed by atoms with van der Waals surface area (Å²) in [6.45, 7) is 3.25. The Morgan fingerprint density at radius 3 is 2.20 bits per heavy atom. The lowest BCUT2D eigenvalue weighted by Gasteiger charge is -2.29.